The van der Waals surface area contributed by atoms with E-state index in [1.807, 2.05) is 0 Å². The van der Waals surface area contributed by atoms with Gasteiger partial charge in [-0.25, -0.2) is 0 Å². The largest absolute Gasteiger partial charge is 0.438 e. The van der Waals surface area contributed by atoms with Crippen molar-refractivity contribution in [3.8, 4) is 0 Å². The lowest BCUT2D eigenvalue weighted by atomic mass is 9.69. The monoisotopic (exact) mass is 292 g/mol. The minimum Gasteiger partial charge on any atom is -0.438 e. The van der Waals surface area contributed by atoms with E-state index >= 15 is 0 Å². The van der Waals surface area contributed by atoms with E-state index in [2.05, 4.69) is 19.1 Å². The number of carbonyl (C=O) groups excluding carboxylic acids is 1. The van der Waals surface area contributed by atoms with Crippen molar-refractivity contribution in [3.05, 3.63) is 12.2 Å². The van der Waals surface area contributed by atoms with Crippen molar-refractivity contribution in [2.75, 3.05) is 13.4 Å². The average molecular weight is 292 g/mol. The number of hydrogen-bond acceptors (Lipinski definition) is 4. The summed E-state index contributed by atoms with van der Waals surface area (Å²) in [7, 11) is 0. The van der Waals surface area contributed by atoms with E-state index in [1.165, 1.54) is 6.42 Å². The first-order valence-electron chi connectivity index (χ1n) is 8.37. The Morgan fingerprint density at radius 2 is 2.05 bits per heavy atom. The van der Waals surface area contributed by atoms with E-state index in [0.29, 0.717) is 30.3 Å². The highest BCUT2D eigenvalue weighted by Crippen LogP contribution is 2.61. The molecule has 2 aliphatic carbocycles. The Labute approximate surface area is 125 Å². The summed E-state index contributed by atoms with van der Waals surface area (Å²) in [5, 5.41) is 0. The van der Waals surface area contributed by atoms with Gasteiger partial charge in [0.1, 0.15) is 0 Å². The van der Waals surface area contributed by atoms with Crippen LogP contribution in [0.4, 0.5) is 0 Å². The Morgan fingerprint density at radius 1 is 1.24 bits per heavy atom. The highest BCUT2D eigenvalue weighted by Gasteiger charge is 2.64. The summed E-state index contributed by atoms with van der Waals surface area (Å²) in [6, 6.07) is 0. The molecule has 0 spiro atoms. The Bertz CT molecular complexity index is 446. The fraction of sp³-hybridized carbons (Fsp3) is 0.824. The van der Waals surface area contributed by atoms with Crippen molar-refractivity contribution in [1.82, 2.24) is 0 Å². The topological polar surface area (TPSA) is 44.8 Å². The van der Waals surface area contributed by atoms with Crippen molar-refractivity contribution in [1.29, 1.82) is 0 Å². The molecule has 4 heteroatoms. The molecule has 4 aliphatic rings. The fourth-order valence-electron chi connectivity index (χ4n) is 4.97. The maximum Gasteiger partial charge on any atom is 0.313 e. The summed E-state index contributed by atoms with van der Waals surface area (Å²) >= 11 is 0. The van der Waals surface area contributed by atoms with Crippen LogP contribution in [-0.2, 0) is 19.0 Å². The van der Waals surface area contributed by atoms with E-state index in [1.54, 1.807) is 0 Å². The zero-order valence-electron chi connectivity index (χ0n) is 12.6. The standard InChI is InChI=1S/C17H24O4/c1-2-3-6-19-9-20-17(18)12-8-13-14-10-4-5-11(7-10)15(14)16(12)21-13/h4-5,10-16H,2-3,6-9H2,1H3. The van der Waals surface area contributed by atoms with Gasteiger partial charge >= 0.3 is 5.97 Å². The minimum atomic E-state index is -0.121. The molecule has 3 fully saturated rings. The van der Waals surface area contributed by atoms with Crippen LogP contribution in [0.2, 0.25) is 0 Å². The van der Waals surface area contributed by atoms with E-state index in [4.69, 9.17) is 14.2 Å². The number of ether oxygens (including phenoxy) is 3. The molecular weight excluding hydrogens is 268 g/mol. The molecule has 0 N–H and O–H groups in total. The first-order chi connectivity index (χ1) is 10.3. The van der Waals surface area contributed by atoms with E-state index in [0.717, 1.165) is 19.3 Å². The number of hydrogen-bond donors (Lipinski definition) is 0. The summed E-state index contributed by atoms with van der Waals surface area (Å²) in [5.74, 6) is 2.35. The Morgan fingerprint density at radius 3 is 2.86 bits per heavy atom. The zero-order chi connectivity index (χ0) is 14.4. The van der Waals surface area contributed by atoms with Gasteiger partial charge in [-0.1, -0.05) is 25.5 Å². The molecule has 1 saturated carbocycles. The number of unbranched alkanes of at least 4 members (excludes halogenated alkanes) is 1. The van der Waals surface area contributed by atoms with Crippen LogP contribution in [0.1, 0.15) is 32.6 Å². The lowest BCUT2D eigenvalue weighted by Crippen LogP contribution is -2.39. The quantitative estimate of drug-likeness (QED) is 0.327. The van der Waals surface area contributed by atoms with Gasteiger partial charge in [0.15, 0.2) is 6.79 Å². The number of rotatable bonds is 6. The lowest BCUT2D eigenvalue weighted by Gasteiger charge is -2.32. The number of fused-ring (bicyclic) bond motifs is 9. The maximum absolute atomic E-state index is 12.3. The van der Waals surface area contributed by atoms with Crippen LogP contribution in [0.25, 0.3) is 0 Å². The molecule has 7 unspecified atom stereocenters. The average Bonchev–Trinajstić information content (AvgIpc) is 3.24. The van der Waals surface area contributed by atoms with Crippen LogP contribution in [-0.4, -0.2) is 31.6 Å². The normalized spacial score (nSPS) is 45.3. The molecule has 2 heterocycles. The second kappa shape index (κ2) is 5.40. The van der Waals surface area contributed by atoms with E-state index in [9.17, 15) is 4.79 Å². The molecule has 4 nitrogen and oxygen atoms in total. The maximum atomic E-state index is 12.3. The summed E-state index contributed by atoms with van der Waals surface area (Å²) in [4.78, 5) is 12.3. The van der Waals surface area contributed by atoms with Gasteiger partial charge in [0.2, 0.25) is 0 Å². The van der Waals surface area contributed by atoms with Gasteiger partial charge in [0.05, 0.1) is 24.7 Å². The lowest BCUT2D eigenvalue weighted by molar-refractivity contribution is -0.164. The number of carbonyl (C=O) groups is 1. The van der Waals surface area contributed by atoms with Gasteiger partial charge < -0.3 is 14.2 Å². The molecule has 116 valence electrons. The predicted octanol–water partition coefficient (Wildman–Crippen LogP) is 2.53. The molecule has 2 aliphatic heterocycles. The predicted molar refractivity (Wildman–Crippen MR) is 76.3 cm³/mol. The molecule has 0 aromatic carbocycles. The highest BCUT2D eigenvalue weighted by molar-refractivity contribution is 5.74. The molecule has 4 bridgehead atoms. The van der Waals surface area contributed by atoms with Gasteiger partial charge in [-0.05, 0) is 42.9 Å². The summed E-state index contributed by atoms with van der Waals surface area (Å²) in [5.41, 5.74) is 0. The van der Waals surface area contributed by atoms with Gasteiger partial charge in [-0.15, -0.1) is 0 Å². The van der Waals surface area contributed by atoms with Crippen molar-refractivity contribution in [2.24, 2.45) is 29.6 Å². The Balaban J connectivity index is 1.32. The molecule has 4 rings (SSSR count). The van der Waals surface area contributed by atoms with Crippen LogP contribution < -0.4 is 0 Å². The summed E-state index contributed by atoms with van der Waals surface area (Å²) in [6.45, 7) is 2.87. The molecule has 0 aromatic rings. The molecule has 0 amide bonds. The van der Waals surface area contributed by atoms with Crippen LogP contribution >= 0.6 is 0 Å². The van der Waals surface area contributed by atoms with Crippen LogP contribution in [0, 0.1) is 29.6 Å². The SMILES string of the molecule is CCCCOCOC(=O)C1CC2OC1C1C3C=CC(C3)C21. The van der Waals surface area contributed by atoms with Crippen molar-refractivity contribution in [3.63, 3.8) is 0 Å². The number of allylic oxidation sites excluding steroid dienone is 2. The van der Waals surface area contributed by atoms with E-state index < -0.39 is 0 Å². The third-order valence-corrected chi connectivity index (χ3v) is 5.84. The molecule has 7 atom stereocenters. The smallest absolute Gasteiger partial charge is 0.313 e. The van der Waals surface area contributed by atoms with E-state index in [-0.39, 0.29) is 30.9 Å². The highest BCUT2D eigenvalue weighted by atomic mass is 16.7. The Kier molecular flexibility index (Phi) is 3.54. The first kappa shape index (κ1) is 13.8. The van der Waals surface area contributed by atoms with Crippen LogP contribution in [0.15, 0.2) is 12.2 Å². The molecular formula is C17H24O4. The zero-order valence-corrected chi connectivity index (χ0v) is 12.6. The van der Waals surface area contributed by atoms with Crippen LogP contribution in [0.3, 0.4) is 0 Å². The number of esters is 1. The minimum absolute atomic E-state index is 0.0706. The molecule has 2 saturated heterocycles. The fourth-order valence-corrected chi connectivity index (χ4v) is 4.97. The first-order valence-corrected chi connectivity index (χ1v) is 8.37. The van der Waals surface area contributed by atoms with Crippen molar-refractivity contribution >= 4 is 5.97 Å². The second-order valence-corrected chi connectivity index (χ2v) is 6.93. The Hall–Kier alpha value is -0.870. The van der Waals surface area contributed by atoms with Gasteiger partial charge in [-0.3, -0.25) is 4.79 Å². The van der Waals surface area contributed by atoms with Gasteiger partial charge in [0, 0.05) is 0 Å². The summed E-state index contributed by atoms with van der Waals surface area (Å²) < 4.78 is 16.7. The molecule has 0 aromatic heterocycles. The van der Waals surface area contributed by atoms with Crippen molar-refractivity contribution < 1.29 is 19.0 Å². The molecule has 21 heavy (non-hydrogen) atoms. The third kappa shape index (κ3) is 2.15. The second-order valence-electron chi connectivity index (χ2n) is 6.93. The van der Waals surface area contributed by atoms with Crippen molar-refractivity contribution in [2.45, 2.75) is 44.8 Å². The third-order valence-electron chi connectivity index (χ3n) is 5.84. The van der Waals surface area contributed by atoms with Gasteiger partial charge in [0.25, 0.3) is 0 Å². The molecule has 0 radical (unpaired) electrons. The van der Waals surface area contributed by atoms with Crippen LogP contribution in [0.5, 0.6) is 0 Å². The van der Waals surface area contributed by atoms with Gasteiger partial charge in [-0.2, -0.15) is 0 Å². The summed E-state index contributed by atoms with van der Waals surface area (Å²) in [6.07, 6.45) is 9.28.